The molecule has 4 aliphatic heterocycles. The van der Waals surface area contributed by atoms with E-state index in [0.29, 0.717) is 17.9 Å². The lowest BCUT2D eigenvalue weighted by atomic mass is 9.76. The molecule has 4 N–H and O–H groups in total. The Hall–Kier alpha value is -2.78. The predicted octanol–water partition coefficient (Wildman–Crippen LogP) is -0.539. The molecule has 3 fully saturated rings. The van der Waals surface area contributed by atoms with E-state index >= 15 is 0 Å². The average molecular weight is 398 g/mol. The standard InChI is InChI=1S/C20H22N4O5/c21-14(25)8-13-15-16(18(27)24(17(15)26)9-10-4-3-7-29-10)20(23-13)11-5-1-2-6-12(11)22-19(20)28/h1-2,5-6,10,13,15-16,23H,3-4,7-9H2,(H2,21,25)(H,22,28)/t10-,13-,15+,16-,20+/m0/s1. The zero-order chi connectivity index (χ0) is 20.3. The summed E-state index contributed by atoms with van der Waals surface area (Å²) >= 11 is 0. The summed E-state index contributed by atoms with van der Waals surface area (Å²) in [5.41, 5.74) is 5.24. The van der Waals surface area contributed by atoms with Gasteiger partial charge in [-0.1, -0.05) is 18.2 Å². The molecule has 0 unspecified atom stereocenters. The molecule has 152 valence electrons. The van der Waals surface area contributed by atoms with Crippen LogP contribution in [0.4, 0.5) is 5.69 Å². The molecule has 1 aromatic rings. The van der Waals surface area contributed by atoms with Gasteiger partial charge < -0.3 is 15.8 Å². The van der Waals surface area contributed by atoms with Gasteiger partial charge in [-0.05, 0) is 18.9 Å². The Balaban J connectivity index is 1.58. The van der Waals surface area contributed by atoms with Crippen LogP contribution in [-0.4, -0.2) is 53.8 Å². The van der Waals surface area contributed by atoms with Gasteiger partial charge in [0.05, 0.1) is 24.5 Å². The van der Waals surface area contributed by atoms with E-state index in [1.54, 1.807) is 24.3 Å². The van der Waals surface area contributed by atoms with Crippen molar-refractivity contribution < 1.29 is 23.9 Å². The molecule has 0 aliphatic carbocycles. The van der Waals surface area contributed by atoms with Crippen molar-refractivity contribution in [3.05, 3.63) is 29.8 Å². The second-order valence-electron chi connectivity index (χ2n) is 8.15. The van der Waals surface area contributed by atoms with Gasteiger partial charge in [-0.15, -0.1) is 0 Å². The number of primary amides is 1. The maximum Gasteiger partial charge on any atom is 0.250 e. The van der Waals surface area contributed by atoms with Gasteiger partial charge in [0.15, 0.2) is 0 Å². The number of nitrogens with zero attached hydrogens (tertiary/aromatic N) is 1. The first kappa shape index (κ1) is 18.3. The number of hydrogen-bond donors (Lipinski definition) is 3. The van der Waals surface area contributed by atoms with Crippen LogP contribution in [0.1, 0.15) is 24.8 Å². The van der Waals surface area contributed by atoms with Gasteiger partial charge in [0, 0.05) is 30.3 Å². The Morgan fingerprint density at radius 2 is 2.03 bits per heavy atom. The average Bonchev–Trinajstić information content (AvgIpc) is 3.41. The highest BCUT2D eigenvalue weighted by molar-refractivity contribution is 6.15. The minimum Gasteiger partial charge on any atom is -0.376 e. The second-order valence-corrected chi connectivity index (χ2v) is 8.15. The maximum absolute atomic E-state index is 13.4. The second kappa shape index (κ2) is 6.36. The van der Waals surface area contributed by atoms with Gasteiger partial charge in [0.25, 0.3) is 0 Å². The Kier molecular flexibility index (Phi) is 4.01. The number of rotatable bonds is 4. The van der Waals surface area contributed by atoms with E-state index in [4.69, 9.17) is 10.5 Å². The molecule has 1 aromatic carbocycles. The maximum atomic E-state index is 13.4. The number of ether oxygens (including phenoxy) is 1. The Bertz CT molecular complexity index is 927. The molecule has 0 radical (unpaired) electrons. The summed E-state index contributed by atoms with van der Waals surface area (Å²) in [7, 11) is 0. The van der Waals surface area contributed by atoms with Crippen molar-refractivity contribution in [3.8, 4) is 0 Å². The fourth-order valence-corrected chi connectivity index (χ4v) is 5.38. The molecule has 4 heterocycles. The fourth-order valence-electron chi connectivity index (χ4n) is 5.38. The Labute approximate surface area is 166 Å². The third-order valence-corrected chi connectivity index (χ3v) is 6.55. The number of likely N-dealkylation sites (tertiary alicyclic amines) is 1. The summed E-state index contributed by atoms with van der Waals surface area (Å²) in [5, 5.41) is 5.98. The van der Waals surface area contributed by atoms with Gasteiger partial charge >= 0.3 is 0 Å². The first-order valence-electron chi connectivity index (χ1n) is 9.87. The van der Waals surface area contributed by atoms with Crippen LogP contribution in [0.5, 0.6) is 0 Å². The molecule has 5 rings (SSSR count). The number of hydrogen-bond acceptors (Lipinski definition) is 6. The van der Waals surface area contributed by atoms with Crippen LogP contribution in [-0.2, 0) is 29.5 Å². The third kappa shape index (κ3) is 2.47. The summed E-state index contributed by atoms with van der Waals surface area (Å²) in [5.74, 6) is -3.51. The number of carbonyl (C=O) groups is 4. The lowest BCUT2D eigenvalue weighted by molar-refractivity contribution is -0.144. The van der Waals surface area contributed by atoms with Crippen LogP contribution in [0.15, 0.2) is 24.3 Å². The van der Waals surface area contributed by atoms with Gasteiger partial charge in [-0.25, -0.2) is 0 Å². The van der Waals surface area contributed by atoms with Gasteiger partial charge in [0.1, 0.15) is 5.54 Å². The molecule has 5 atom stereocenters. The van der Waals surface area contributed by atoms with Crippen LogP contribution in [0.25, 0.3) is 0 Å². The van der Waals surface area contributed by atoms with Crippen molar-refractivity contribution in [3.63, 3.8) is 0 Å². The molecule has 0 aromatic heterocycles. The molecule has 4 aliphatic rings. The zero-order valence-corrected chi connectivity index (χ0v) is 15.7. The number of nitrogens with two attached hydrogens (primary N) is 1. The van der Waals surface area contributed by atoms with Crippen LogP contribution in [0.2, 0.25) is 0 Å². The van der Waals surface area contributed by atoms with E-state index in [2.05, 4.69) is 10.6 Å². The number of fused-ring (bicyclic) bond motifs is 4. The van der Waals surface area contributed by atoms with Crippen molar-refractivity contribution in [1.82, 2.24) is 10.2 Å². The van der Waals surface area contributed by atoms with Gasteiger partial charge in [-0.3, -0.25) is 29.4 Å². The Morgan fingerprint density at radius 3 is 2.76 bits per heavy atom. The summed E-state index contributed by atoms with van der Waals surface area (Å²) in [6.07, 6.45) is 1.35. The van der Waals surface area contributed by atoms with E-state index in [0.717, 1.165) is 12.8 Å². The smallest absolute Gasteiger partial charge is 0.250 e. The lowest BCUT2D eigenvalue weighted by Crippen LogP contribution is -2.54. The van der Waals surface area contributed by atoms with E-state index in [1.807, 2.05) is 0 Å². The first-order valence-corrected chi connectivity index (χ1v) is 9.87. The van der Waals surface area contributed by atoms with Crippen molar-refractivity contribution in [1.29, 1.82) is 0 Å². The number of imide groups is 1. The minimum absolute atomic E-state index is 0.134. The van der Waals surface area contributed by atoms with E-state index in [1.165, 1.54) is 4.90 Å². The van der Waals surface area contributed by atoms with E-state index in [9.17, 15) is 19.2 Å². The van der Waals surface area contributed by atoms with Gasteiger partial charge in [0.2, 0.25) is 23.6 Å². The topological polar surface area (TPSA) is 131 Å². The molecule has 9 nitrogen and oxygen atoms in total. The fraction of sp³-hybridized carbons (Fsp3) is 0.500. The SMILES string of the molecule is NC(=O)C[C@@H]1N[C@@]2(C(=O)Nc3ccccc32)[C@@H]2C(=O)N(C[C@@H]3CCCO3)C(=O)[C@H]12. The number of para-hydroxylation sites is 1. The summed E-state index contributed by atoms with van der Waals surface area (Å²) in [6.45, 7) is 0.784. The molecule has 1 spiro atoms. The van der Waals surface area contributed by atoms with E-state index in [-0.39, 0.29) is 30.9 Å². The molecule has 0 saturated carbocycles. The van der Waals surface area contributed by atoms with Crippen LogP contribution in [0.3, 0.4) is 0 Å². The number of nitrogens with one attached hydrogen (secondary N) is 2. The molecule has 29 heavy (non-hydrogen) atoms. The zero-order valence-electron chi connectivity index (χ0n) is 15.7. The first-order chi connectivity index (χ1) is 13.9. The van der Waals surface area contributed by atoms with Crippen LogP contribution in [0, 0.1) is 11.8 Å². The highest BCUT2D eigenvalue weighted by Crippen LogP contribution is 2.53. The van der Waals surface area contributed by atoms with E-state index < -0.39 is 35.2 Å². The number of amides is 4. The number of carbonyl (C=O) groups excluding carboxylic acids is 4. The normalized spacial score (nSPS) is 35.3. The van der Waals surface area contributed by atoms with Crippen molar-refractivity contribution >= 4 is 29.3 Å². The molecule has 4 amide bonds. The monoisotopic (exact) mass is 398 g/mol. The van der Waals surface area contributed by atoms with Gasteiger partial charge in [-0.2, -0.15) is 0 Å². The molecule has 3 saturated heterocycles. The van der Waals surface area contributed by atoms with Crippen LogP contribution >= 0.6 is 0 Å². The minimum atomic E-state index is -1.39. The highest BCUT2D eigenvalue weighted by atomic mass is 16.5. The summed E-state index contributed by atoms with van der Waals surface area (Å²) in [6, 6.07) is 6.40. The lowest BCUT2D eigenvalue weighted by Gasteiger charge is -2.29. The molecular weight excluding hydrogens is 376 g/mol. The molecule has 9 heteroatoms. The summed E-state index contributed by atoms with van der Waals surface area (Å²) in [4.78, 5) is 52.7. The Morgan fingerprint density at radius 1 is 1.24 bits per heavy atom. The van der Waals surface area contributed by atoms with Crippen molar-refractivity contribution in [2.75, 3.05) is 18.5 Å². The quantitative estimate of drug-likeness (QED) is 0.584. The number of benzene rings is 1. The predicted molar refractivity (Wildman–Crippen MR) is 100 cm³/mol. The number of anilines is 1. The molecule has 0 bridgehead atoms. The highest BCUT2D eigenvalue weighted by Gasteiger charge is 2.70. The largest absolute Gasteiger partial charge is 0.376 e. The van der Waals surface area contributed by atoms with Crippen molar-refractivity contribution in [2.45, 2.75) is 36.9 Å². The van der Waals surface area contributed by atoms with Crippen LogP contribution < -0.4 is 16.4 Å². The summed E-state index contributed by atoms with van der Waals surface area (Å²) < 4.78 is 5.60. The van der Waals surface area contributed by atoms with Crippen molar-refractivity contribution in [2.24, 2.45) is 17.6 Å². The molecular formula is C20H22N4O5. The third-order valence-electron chi connectivity index (χ3n) is 6.55.